The minimum atomic E-state index is -1.24. The average molecular weight is 947 g/mol. The molecule has 2 fully saturated rings. The number of nitrogens with zero attached hydrogens (tertiary/aromatic N) is 4. The number of carboxylic acid groups (broad SMARTS) is 1. The number of carbonyl (C=O) groups excluding carboxylic acids is 7. The zero-order valence-corrected chi connectivity index (χ0v) is 38.2. The van der Waals surface area contributed by atoms with Gasteiger partial charge in [0, 0.05) is 56.1 Å². The Labute approximate surface area is 394 Å². The summed E-state index contributed by atoms with van der Waals surface area (Å²) < 4.78 is 0. The van der Waals surface area contributed by atoms with E-state index in [-0.39, 0.29) is 64.6 Å². The van der Waals surface area contributed by atoms with Crippen molar-refractivity contribution in [3.05, 3.63) is 72.3 Å². The van der Waals surface area contributed by atoms with E-state index in [2.05, 4.69) is 46.5 Å². The van der Waals surface area contributed by atoms with Gasteiger partial charge in [0.25, 0.3) is 0 Å². The van der Waals surface area contributed by atoms with Crippen LogP contribution in [0.1, 0.15) is 81.2 Å². The third kappa shape index (κ3) is 15.2. The van der Waals surface area contributed by atoms with E-state index in [9.17, 15) is 43.5 Å². The molecular weight excluding hydrogens is 881 g/mol. The van der Waals surface area contributed by atoms with Gasteiger partial charge in [0.2, 0.25) is 41.4 Å². The van der Waals surface area contributed by atoms with Gasteiger partial charge >= 0.3 is 5.97 Å². The van der Waals surface area contributed by atoms with Gasteiger partial charge in [-0.25, -0.2) is 14.8 Å². The summed E-state index contributed by atoms with van der Waals surface area (Å²) in [5.41, 5.74) is 18.7. The summed E-state index contributed by atoms with van der Waals surface area (Å²) in [5, 5.41) is 23.4. The predicted molar refractivity (Wildman–Crippen MR) is 246 cm³/mol. The van der Waals surface area contributed by atoms with E-state index in [1.807, 2.05) is 6.07 Å². The van der Waals surface area contributed by atoms with Crippen LogP contribution in [0.25, 0.3) is 0 Å². The smallest absolute Gasteiger partial charge is 0.326 e. The van der Waals surface area contributed by atoms with Crippen molar-refractivity contribution in [1.29, 1.82) is 0 Å². The van der Waals surface area contributed by atoms with E-state index in [4.69, 9.17) is 17.2 Å². The van der Waals surface area contributed by atoms with Gasteiger partial charge in [-0.15, -0.1) is 0 Å². The van der Waals surface area contributed by atoms with Gasteiger partial charge in [-0.05, 0) is 82.9 Å². The predicted octanol–water partition coefficient (Wildman–Crippen LogP) is -2.13. The number of nitrogens with two attached hydrogens (primary N) is 3. The Kier molecular flexibility index (Phi) is 20.4. The second-order valence-corrected chi connectivity index (χ2v) is 17.1. The lowest BCUT2D eigenvalue weighted by Crippen LogP contribution is -2.60. The standard InChI is InChI=1S/C45H66N14O9/c46-16-6-4-12-31(54-39(61)33(53-38(60)23-48)21-29-24-49-26-51-29)43(65)58-18-8-15-37(58)42(64)57-35(20-28-10-2-1-3-11-28)44(66)59-19-9-14-36(59)41(63)56-34(22-30-25-50-27-52-30)40(62)55-32(45(67)68)13-5-7-17-47/h1-3,10-11,24-27,31-37H,4-9,12-23,46-48H2,(H,49,51)(H,50,52)(H,53,60)(H,54,61)(H,55,62)(H,56,63)(H,57,64)(H,67,68)/t31-,32-,33-,34-,35-,36-,37-/m0/s1. The Morgan fingerprint density at radius 1 is 0.618 bits per heavy atom. The van der Waals surface area contributed by atoms with E-state index >= 15 is 0 Å². The van der Waals surface area contributed by atoms with Crippen LogP contribution in [-0.4, -0.2) is 157 Å². The lowest BCUT2D eigenvalue weighted by atomic mass is 10.0. The number of carbonyl (C=O) groups is 8. The molecule has 0 unspecified atom stereocenters. The van der Waals surface area contributed by atoms with Crippen molar-refractivity contribution >= 4 is 47.3 Å². The van der Waals surface area contributed by atoms with Crippen molar-refractivity contribution < 1.29 is 43.5 Å². The normalized spacial score (nSPS) is 17.9. The van der Waals surface area contributed by atoms with Gasteiger partial charge in [0.05, 0.1) is 19.2 Å². The monoisotopic (exact) mass is 947 g/mol. The molecule has 14 N–H and O–H groups in total. The van der Waals surface area contributed by atoms with Crippen molar-refractivity contribution in [2.24, 2.45) is 17.2 Å². The highest BCUT2D eigenvalue weighted by Crippen LogP contribution is 2.23. The summed E-state index contributed by atoms with van der Waals surface area (Å²) >= 11 is 0. The Morgan fingerprint density at radius 3 is 1.59 bits per heavy atom. The second-order valence-electron chi connectivity index (χ2n) is 17.1. The van der Waals surface area contributed by atoms with Crippen LogP contribution in [-0.2, 0) is 57.6 Å². The van der Waals surface area contributed by atoms with Crippen LogP contribution in [0.15, 0.2) is 55.4 Å². The molecule has 2 aliphatic heterocycles. The van der Waals surface area contributed by atoms with Crippen molar-refractivity contribution in [2.75, 3.05) is 32.7 Å². The van der Waals surface area contributed by atoms with Crippen LogP contribution in [0, 0.1) is 0 Å². The largest absolute Gasteiger partial charge is 0.480 e. The SMILES string of the molecule is NCCCC[C@H](NC(=O)[C@H](Cc1cnc[nH]1)NC(=O)[C@@H]1CCCN1C(=O)[C@H](Cc1ccccc1)NC(=O)[C@@H]1CCCN1C(=O)[C@H](CCCCN)NC(=O)[C@H](Cc1cnc[nH]1)NC(=O)CN)C(=O)O. The molecule has 0 bridgehead atoms. The van der Waals surface area contributed by atoms with Gasteiger partial charge < -0.3 is 68.7 Å². The molecule has 23 heteroatoms. The molecular formula is C45H66N14O9. The molecule has 0 saturated carbocycles. The number of benzene rings is 1. The number of aliphatic carboxylic acids is 1. The van der Waals surface area contributed by atoms with Gasteiger partial charge in [-0.3, -0.25) is 33.6 Å². The molecule has 5 rings (SSSR count). The summed E-state index contributed by atoms with van der Waals surface area (Å²) in [4.78, 5) is 126. The number of nitrogens with one attached hydrogen (secondary N) is 7. The maximum Gasteiger partial charge on any atom is 0.326 e. The number of unbranched alkanes of at least 4 members (excludes halogenated alkanes) is 2. The van der Waals surface area contributed by atoms with Crippen LogP contribution in [0.5, 0.6) is 0 Å². The van der Waals surface area contributed by atoms with Gasteiger partial charge in [0.15, 0.2) is 0 Å². The van der Waals surface area contributed by atoms with Crippen molar-refractivity contribution in [3.8, 4) is 0 Å². The molecule has 0 spiro atoms. The first-order valence-corrected chi connectivity index (χ1v) is 23.3. The van der Waals surface area contributed by atoms with Gasteiger partial charge in [0.1, 0.15) is 42.3 Å². The minimum Gasteiger partial charge on any atom is -0.480 e. The van der Waals surface area contributed by atoms with Gasteiger partial charge in [-0.2, -0.15) is 0 Å². The molecule has 4 heterocycles. The van der Waals surface area contributed by atoms with Crippen molar-refractivity contribution in [1.82, 2.24) is 56.3 Å². The number of likely N-dealkylation sites (tertiary alicyclic amines) is 2. The first-order valence-electron chi connectivity index (χ1n) is 23.3. The second kappa shape index (κ2) is 26.6. The summed E-state index contributed by atoms with van der Waals surface area (Å²) in [7, 11) is 0. The van der Waals surface area contributed by atoms with Crippen molar-refractivity contribution in [2.45, 2.75) is 126 Å². The quantitative estimate of drug-likeness (QED) is 0.0364. The number of amides is 7. The summed E-state index contributed by atoms with van der Waals surface area (Å²) in [5.74, 6) is -5.49. The number of H-pyrrole nitrogens is 2. The molecule has 2 aliphatic rings. The number of hydrogen-bond donors (Lipinski definition) is 11. The molecule has 0 aliphatic carbocycles. The van der Waals surface area contributed by atoms with E-state index in [0.717, 1.165) is 5.56 Å². The number of rotatable bonds is 27. The highest BCUT2D eigenvalue weighted by Gasteiger charge is 2.43. The molecule has 7 amide bonds. The fraction of sp³-hybridized carbons (Fsp3) is 0.556. The van der Waals surface area contributed by atoms with E-state index in [0.29, 0.717) is 63.0 Å². The molecule has 2 saturated heterocycles. The number of aromatic amines is 2. The van der Waals surface area contributed by atoms with Crippen LogP contribution in [0.2, 0.25) is 0 Å². The molecule has 1 aromatic carbocycles. The minimum absolute atomic E-state index is 0.0384. The lowest BCUT2D eigenvalue weighted by molar-refractivity contribution is -0.145. The first-order chi connectivity index (χ1) is 32.8. The number of imidazole rings is 2. The molecule has 23 nitrogen and oxygen atoms in total. The van der Waals surface area contributed by atoms with Crippen LogP contribution < -0.4 is 43.8 Å². The molecule has 68 heavy (non-hydrogen) atoms. The molecule has 7 atom stereocenters. The summed E-state index contributed by atoms with van der Waals surface area (Å²) in [6, 6.07) is 1.12. The van der Waals surface area contributed by atoms with Crippen LogP contribution in [0.3, 0.4) is 0 Å². The average Bonchev–Trinajstić information content (AvgIpc) is 4.19. The zero-order chi connectivity index (χ0) is 49.0. The van der Waals surface area contributed by atoms with Gasteiger partial charge in [-0.1, -0.05) is 30.3 Å². The zero-order valence-electron chi connectivity index (χ0n) is 38.2. The number of hydrogen-bond acceptors (Lipinski definition) is 13. The van der Waals surface area contributed by atoms with Crippen molar-refractivity contribution in [3.63, 3.8) is 0 Å². The van der Waals surface area contributed by atoms with Crippen LogP contribution >= 0.6 is 0 Å². The molecule has 0 radical (unpaired) electrons. The highest BCUT2D eigenvalue weighted by molar-refractivity contribution is 5.98. The highest BCUT2D eigenvalue weighted by atomic mass is 16.4. The first kappa shape index (κ1) is 52.3. The maximum atomic E-state index is 14.7. The maximum absolute atomic E-state index is 14.7. The fourth-order valence-corrected chi connectivity index (χ4v) is 8.54. The lowest BCUT2D eigenvalue weighted by Gasteiger charge is -2.32. The summed E-state index contributed by atoms with van der Waals surface area (Å²) in [6.45, 7) is 0.703. The van der Waals surface area contributed by atoms with E-state index < -0.39 is 89.6 Å². The molecule has 3 aromatic rings. The van der Waals surface area contributed by atoms with E-state index in [1.165, 1.54) is 34.8 Å². The number of aromatic nitrogens is 4. The third-order valence-corrected chi connectivity index (χ3v) is 12.1. The third-order valence-electron chi connectivity index (χ3n) is 12.1. The van der Waals surface area contributed by atoms with E-state index in [1.54, 1.807) is 24.3 Å². The molecule has 370 valence electrons. The Balaban J connectivity index is 1.33. The summed E-state index contributed by atoms with van der Waals surface area (Å²) in [6.07, 6.45) is 9.66. The Morgan fingerprint density at radius 2 is 1.10 bits per heavy atom. The Bertz CT molecular complexity index is 2120. The topological polar surface area (TPSA) is 359 Å². The van der Waals surface area contributed by atoms with Crippen LogP contribution in [0.4, 0.5) is 0 Å². The molecule has 2 aromatic heterocycles. The number of carboxylic acids is 1. The Hall–Kier alpha value is -6.72. The fourth-order valence-electron chi connectivity index (χ4n) is 8.54.